The molecule has 6 rings (SSSR count). The van der Waals surface area contributed by atoms with Crippen LogP contribution in [-0.4, -0.2) is 207 Å². The first kappa shape index (κ1) is 65.8. The van der Waals surface area contributed by atoms with Crippen LogP contribution < -0.4 is 5.43 Å². The van der Waals surface area contributed by atoms with Crippen LogP contribution in [0.3, 0.4) is 0 Å². The largest absolute Gasteiger partial charge is 0.509 e. The van der Waals surface area contributed by atoms with Crippen LogP contribution >= 0.6 is 0 Å². The zero-order valence-corrected chi connectivity index (χ0v) is 50.6. The van der Waals surface area contributed by atoms with Gasteiger partial charge in [0, 0.05) is 70.8 Å². The molecule has 0 amide bonds. The van der Waals surface area contributed by atoms with Crippen molar-refractivity contribution in [3.05, 3.63) is 45.7 Å². The van der Waals surface area contributed by atoms with Gasteiger partial charge in [0.05, 0.1) is 72.9 Å². The third kappa shape index (κ3) is 15.5. The van der Waals surface area contributed by atoms with Gasteiger partial charge in [-0.25, -0.2) is 9.59 Å². The highest BCUT2D eigenvalue weighted by Gasteiger charge is 2.58. The number of pyridine rings is 1. The number of cyclic esters (lactones) is 1. The Balaban J connectivity index is 1.22. The SMILES string of the molecule is CC[C@H]1OC(=O)[C@H](C)[C@@H](O[C@H]2C[C@@](C)(OC)[C@@H](OCCOCCCc3ccc4c(c3)c(=O)c(C(=O)O)cn4CCOC)[C@H](C)O2)[C@H](C)[C@@H](O[C@@H]2O[C@H](C)C[C@H](N(C)C)[C@H]2OC(C)=O)[C@](C)(O)C[C@@H](C)CN(C)[C@H](C)[C@H]2OC(=O)O[C@@]21C. The van der Waals surface area contributed by atoms with Crippen LogP contribution in [0.15, 0.2) is 29.2 Å². The van der Waals surface area contributed by atoms with Gasteiger partial charge < -0.3 is 76.5 Å². The van der Waals surface area contributed by atoms with E-state index in [2.05, 4.69) is 0 Å². The molecule has 18 atom stereocenters. The van der Waals surface area contributed by atoms with Gasteiger partial charge in [-0.3, -0.25) is 19.3 Å². The summed E-state index contributed by atoms with van der Waals surface area (Å²) in [6.07, 6.45) is -5.64. The molecule has 22 nitrogen and oxygen atoms in total. The number of benzene rings is 1. The number of hydrogen-bond acceptors (Lipinski definition) is 20. The fraction of sp³-hybridized carbons (Fsp3) is 0.780. The van der Waals surface area contributed by atoms with Crippen molar-refractivity contribution in [1.82, 2.24) is 14.4 Å². The van der Waals surface area contributed by atoms with E-state index in [4.69, 9.17) is 56.8 Å². The van der Waals surface area contributed by atoms with Gasteiger partial charge in [0.1, 0.15) is 17.8 Å². The number of aromatic nitrogens is 1. The summed E-state index contributed by atoms with van der Waals surface area (Å²) in [5.74, 6) is -4.54. The van der Waals surface area contributed by atoms with E-state index in [-0.39, 0.29) is 56.1 Å². The Bertz CT molecular complexity index is 2510. The van der Waals surface area contributed by atoms with Crippen molar-refractivity contribution in [3.63, 3.8) is 0 Å². The molecule has 0 bridgehead atoms. The molecule has 0 unspecified atom stereocenters. The van der Waals surface area contributed by atoms with E-state index < -0.39 is 119 Å². The Morgan fingerprint density at radius 1 is 0.901 bits per heavy atom. The molecule has 2 N–H and O–H groups in total. The Labute approximate surface area is 477 Å². The number of aromatic carboxylic acids is 1. The van der Waals surface area contributed by atoms with Gasteiger partial charge in [-0.1, -0.05) is 26.8 Å². The van der Waals surface area contributed by atoms with E-state index in [1.54, 1.807) is 45.6 Å². The van der Waals surface area contributed by atoms with E-state index in [9.17, 15) is 34.2 Å². The van der Waals surface area contributed by atoms with Crippen LogP contribution in [0.2, 0.25) is 0 Å². The first-order valence-electron chi connectivity index (χ1n) is 28.7. The number of methoxy groups -OCH3 is 2. The lowest BCUT2D eigenvalue weighted by Crippen LogP contribution is -2.61. The molecule has 458 valence electrons. The third-order valence-electron chi connectivity index (χ3n) is 17.1. The molecule has 22 heteroatoms. The van der Waals surface area contributed by atoms with Crippen molar-refractivity contribution < 1.29 is 86.2 Å². The Hall–Kier alpha value is -4.33. The number of esters is 2. The maximum Gasteiger partial charge on any atom is 0.509 e. The van der Waals surface area contributed by atoms with Gasteiger partial charge in [0.15, 0.2) is 30.4 Å². The van der Waals surface area contributed by atoms with Crippen LogP contribution in [0.25, 0.3) is 10.9 Å². The topological polar surface area (TPSA) is 248 Å². The van der Waals surface area contributed by atoms with Crippen molar-refractivity contribution in [1.29, 1.82) is 0 Å². The molecule has 4 aliphatic rings. The van der Waals surface area contributed by atoms with Crippen molar-refractivity contribution in [2.75, 3.05) is 68.3 Å². The molecule has 0 saturated carbocycles. The number of ether oxygens (including phenoxy) is 12. The lowest BCUT2D eigenvalue weighted by molar-refractivity contribution is -0.321. The Morgan fingerprint density at radius 2 is 1.62 bits per heavy atom. The quantitative estimate of drug-likeness (QED) is 0.0878. The standard InChI is InChI=1S/C59H93N3O19/c1-17-45-59(11)51(80-56(68)81-59)37(6)61(14)31-33(2)29-57(9,69)50(79-55-49(76-39(8)63)44(60(12)13)27-34(3)74-55)35(4)48(36(5)54(67)77-45)78-46-30-58(10,71-16)52(38(7)75-46)73-26-25-72-23-18-19-40-20-21-43-41(28-40)47(64)42(53(65)66)32-62(43)22-24-70-15/h20-21,28,32-38,44-46,48-52,55,69H,17-19,22-27,29-31H2,1-16H3,(H,65,66)/t33-,34-,35+,36-,37-,38+,44+,45-,46+,48+,49-,50-,51-,52+,55+,57-,58-,59-/m1/s1. The first-order chi connectivity index (χ1) is 38.1. The summed E-state index contributed by atoms with van der Waals surface area (Å²) < 4.78 is 77.0. The zero-order valence-electron chi connectivity index (χ0n) is 50.6. The maximum absolute atomic E-state index is 14.9. The molecule has 4 saturated heterocycles. The minimum Gasteiger partial charge on any atom is -0.477 e. The molecule has 1 aromatic heterocycles. The minimum absolute atomic E-state index is 0.150. The van der Waals surface area contributed by atoms with Crippen molar-refractivity contribution in [3.8, 4) is 0 Å². The average Bonchev–Trinajstić information content (AvgIpc) is 3.93. The molecule has 4 fully saturated rings. The van der Waals surface area contributed by atoms with Crippen molar-refractivity contribution >= 4 is 35.0 Å². The van der Waals surface area contributed by atoms with Crippen LogP contribution in [0.5, 0.6) is 0 Å². The number of fused-ring (bicyclic) bond motifs is 2. The number of carbonyl (C=O) groups is 4. The number of carbonyl (C=O) groups excluding carboxylic acids is 3. The van der Waals surface area contributed by atoms with Gasteiger partial charge in [-0.05, 0) is 125 Å². The second-order valence-electron chi connectivity index (χ2n) is 23.9. The van der Waals surface area contributed by atoms with Gasteiger partial charge in [0.2, 0.25) is 5.43 Å². The molecule has 5 heterocycles. The molecular formula is C59H93N3O19. The lowest BCUT2D eigenvalue weighted by Gasteiger charge is -2.49. The molecular weight excluding hydrogens is 1050 g/mol. The Kier molecular flexibility index (Phi) is 22.8. The molecule has 0 spiro atoms. The highest BCUT2D eigenvalue weighted by molar-refractivity contribution is 5.92. The molecule has 81 heavy (non-hydrogen) atoms. The Morgan fingerprint density at radius 3 is 2.26 bits per heavy atom. The van der Waals surface area contributed by atoms with Crippen LogP contribution in [0, 0.1) is 17.8 Å². The summed E-state index contributed by atoms with van der Waals surface area (Å²) in [4.78, 5) is 69.7. The highest BCUT2D eigenvalue weighted by Crippen LogP contribution is 2.43. The molecule has 2 aromatic rings. The van der Waals surface area contributed by atoms with Crippen LogP contribution in [0.1, 0.15) is 124 Å². The number of likely N-dealkylation sites (N-methyl/N-ethyl adjacent to an activating group) is 2. The second-order valence-corrected chi connectivity index (χ2v) is 23.9. The van der Waals surface area contributed by atoms with Gasteiger partial charge in [-0.15, -0.1) is 0 Å². The minimum atomic E-state index is -1.64. The number of hydrogen-bond donors (Lipinski definition) is 2. The van der Waals surface area contributed by atoms with Crippen molar-refractivity contribution in [2.24, 2.45) is 17.8 Å². The highest BCUT2D eigenvalue weighted by atomic mass is 16.8. The summed E-state index contributed by atoms with van der Waals surface area (Å²) in [5.41, 5.74) is -3.33. The molecule has 1 aromatic carbocycles. The number of aryl methyl sites for hydroxylation is 1. The summed E-state index contributed by atoms with van der Waals surface area (Å²) >= 11 is 0. The van der Waals surface area contributed by atoms with Crippen molar-refractivity contribution in [2.45, 2.75) is 212 Å². The molecule has 0 radical (unpaired) electrons. The van der Waals surface area contributed by atoms with E-state index in [1.165, 1.54) is 13.1 Å². The van der Waals surface area contributed by atoms with E-state index in [0.717, 1.165) is 5.56 Å². The summed E-state index contributed by atoms with van der Waals surface area (Å²) in [5, 5.41) is 23.1. The number of aliphatic hydroxyl groups is 1. The average molecular weight is 1150 g/mol. The second kappa shape index (κ2) is 28.0. The number of carboxylic acid groups (broad SMARTS) is 1. The lowest BCUT2D eigenvalue weighted by atomic mass is 9.77. The number of rotatable bonds is 20. The normalized spacial score (nSPS) is 36.5. The summed E-state index contributed by atoms with van der Waals surface area (Å²) in [7, 11) is 8.85. The predicted octanol–water partition coefficient (Wildman–Crippen LogP) is 5.99. The maximum atomic E-state index is 14.9. The van der Waals surface area contributed by atoms with Crippen LogP contribution in [0.4, 0.5) is 4.79 Å². The monoisotopic (exact) mass is 1150 g/mol. The smallest absolute Gasteiger partial charge is 0.477 e. The van der Waals surface area contributed by atoms with Gasteiger partial charge >= 0.3 is 24.1 Å². The number of nitrogens with zero attached hydrogens (tertiary/aromatic N) is 3. The first-order valence-corrected chi connectivity index (χ1v) is 28.7. The van der Waals surface area contributed by atoms with Crippen LogP contribution in [-0.2, 0) is 79.4 Å². The van der Waals surface area contributed by atoms with E-state index >= 15 is 0 Å². The summed E-state index contributed by atoms with van der Waals surface area (Å²) in [6, 6.07) is 4.79. The van der Waals surface area contributed by atoms with E-state index in [1.807, 2.05) is 91.5 Å². The van der Waals surface area contributed by atoms with Gasteiger partial charge in [0.25, 0.3) is 0 Å². The molecule has 4 aliphatic heterocycles. The van der Waals surface area contributed by atoms with Gasteiger partial charge in [-0.2, -0.15) is 0 Å². The fourth-order valence-electron chi connectivity index (χ4n) is 12.8. The van der Waals surface area contributed by atoms with E-state index in [0.29, 0.717) is 56.5 Å². The summed E-state index contributed by atoms with van der Waals surface area (Å²) in [6.45, 7) is 21.8. The number of carboxylic acids is 1. The predicted molar refractivity (Wildman–Crippen MR) is 297 cm³/mol. The molecule has 0 aliphatic carbocycles. The third-order valence-corrected chi connectivity index (χ3v) is 17.1. The fourth-order valence-corrected chi connectivity index (χ4v) is 12.8. The zero-order chi connectivity index (χ0) is 59.9.